The van der Waals surface area contributed by atoms with Gasteiger partial charge >= 0.3 is 0 Å². The van der Waals surface area contributed by atoms with Crippen LogP contribution in [0.2, 0.25) is 0 Å². The van der Waals surface area contributed by atoms with E-state index < -0.39 is 10.0 Å². The van der Waals surface area contributed by atoms with Crippen molar-refractivity contribution in [3.8, 4) is 0 Å². The van der Waals surface area contributed by atoms with E-state index in [2.05, 4.69) is 12.2 Å². The fourth-order valence-corrected chi connectivity index (χ4v) is 0.800. The second kappa shape index (κ2) is 0.737. The van der Waals surface area contributed by atoms with Crippen LogP contribution in [0.5, 0.6) is 0 Å². The lowest BCUT2D eigenvalue weighted by Gasteiger charge is -1.43. The van der Waals surface area contributed by atoms with E-state index in [1.54, 1.807) is 0 Å². The molecule has 1 heterocycles. The third-order valence-electron chi connectivity index (χ3n) is 0.420. The van der Waals surface area contributed by atoms with Crippen LogP contribution >= 0.6 is 12.2 Å². The number of hydrogen-bond acceptors (Lipinski definition) is 3. The molecule has 1 fully saturated rings. The van der Waals surface area contributed by atoms with Crippen LogP contribution in [0.25, 0.3) is 0 Å². The fourth-order valence-electron chi connectivity index (χ4n) is 0.0889. The Balaban J connectivity index is 3.24. The Kier molecular flexibility index (Phi) is 0.493. The average molecular weight is 123 g/mol. The highest BCUT2D eigenvalue weighted by Crippen LogP contribution is 2.01. The van der Waals surface area contributed by atoms with Crippen LogP contribution < -0.4 is 4.72 Å². The molecule has 1 saturated heterocycles. The van der Waals surface area contributed by atoms with Gasteiger partial charge in [0.15, 0.2) is 0 Å². The summed E-state index contributed by atoms with van der Waals surface area (Å²) in [5.41, 5.74) is 0. The second-order valence-corrected chi connectivity index (χ2v) is 3.18. The molecule has 0 bridgehead atoms. The molecule has 1 aliphatic rings. The van der Waals surface area contributed by atoms with Crippen LogP contribution in [0, 0.1) is 0 Å². The van der Waals surface area contributed by atoms with Gasteiger partial charge in [-0.2, -0.15) is 8.42 Å². The smallest absolute Gasteiger partial charge is 0.257 e. The average Bonchev–Trinajstić information content (AvgIpc) is 1.73. The minimum atomic E-state index is -3.01. The Hall–Kier alpha value is -0.160. The molecule has 0 aliphatic carbocycles. The zero-order chi connectivity index (χ0) is 4.78. The molecule has 1 rings (SSSR count). The van der Waals surface area contributed by atoms with Gasteiger partial charge in [0.25, 0.3) is 10.0 Å². The molecule has 0 spiro atoms. The predicted octanol–water partition coefficient (Wildman–Crippen LogP) is -0.796. The number of thiocarbonyl (C=S) groups is 1. The Morgan fingerprint density at radius 1 is 1.67 bits per heavy atom. The molecule has 0 unspecified atom stereocenters. The molecule has 0 saturated carbocycles. The number of rotatable bonds is 0. The molecular weight excluding hydrogens is 122 g/mol. The minimum Gasteiger partial charge on any atom is -0.257 e. The molecule has 3 nitrogen and oxygen atoms in total. The lowest BCUT2D eigenvalue weighted by molar-refractivity contribution is 0.614. The highest BCUT2D eigenvalue weighted by molar-refractivity contribution is 8.25. The molecule has 0 aromatic heterocycles. The summed E-state index contributed by atoms with van der Waals surface area (Å²) in [7, 11) is -3.01. The summed E-state index contributed by atoms with van der Waals surface area (Å²) in [4.78, 5) is 0. The quantitative estimate of drug-likeness (QED) is 0.339. The van der Waals surface area contributed by atoms with Crippen LogP contribution in [0.4, 0.5) is 0 Å². The van der Waals surface area contributed by atoms with Gasteiger partial charge in [0.2, 0.25) is 4.32 Å². The Labute approximate surface area is 40.4 Å². The van der Waals surface area contributed by atoms with Crippen molar-refractivity contribution in [2.45, 2.75) is 0 Å². The van der Waals surface area contributed by atoms with Gasteiger partial charge in [0.1, 0.15) is 0 Å². The molecule has 0 radical (unpaired) electrons. The molecule has 1 N–H and O–H groups in total. The molecule has 0 aromatic rings. The zero-order valence-electron chi connectivity index (χ0n) is 2.63. The highest BCUT2D eigenvalue weighted by atomic mass is 32.2. The molecule has 0 amide bonds. The first-order valence-electron chi connectivity index (χ1n) is 1.20. The lowest BCUT2D eigenvalue weighted by Crippen LogP contribution is -1.72. The van der Waals surface area contributed by atoms with Crippen molar-refractivity contribution in [1.82, 2.24) is 4.72 Å². The SMILES string of the molecule is O=S1(=O)NC1=S. The third kappa shape index (κ3) is 0.396. The highest BCUT2D eigenvalue weighted by Gasteiger charge is 2.34. The van der Waals surface area contributed by atoms with E-state index in [0.717, 1.165) is 0 Å². The summed E-state index contributed by atoms with van der Waals surface area (Å²) >= 11 is 4.19. The molecule has 6 heavy (non-hydrogen) atoms. The largest absolute Gasteiger partial charge is 0.289 e. The topological polar surface area (TPSA) is 56.1 Å². The van der Waals surface area contributed by atoms with Gasteiger partial charge in [-0.15, -0.1) is 0 Å². The molecule has 0 aromatic carbocycles. The van der Waals surface area contributed by atoms with E-state index in [9.17, 15) is 8.42 Å². The Bertz CT molecular complexity index is 178. The second-order valence-electron chi connectivity index (χ2n) is 0.893. The third-order valence-corrected chi connectivity index (χ3v) is 2.17. The summed E-state index contributed by atoms with van der Waals surface area (Å²) in [6.07, 6.45) is 0. The van der Waals surface area contributed by atoms with Crippen molar-refractivity contribution < 1.29 is 8.42 Å². The fraction of sp³-hybridized carbons (Fsp3) is 0. The summed E-state index contributed by atoms with van der Waals surface area (Å²) in [5.74, 6) is 0. The maximum absolute atomic E-state index is 9.82. The summed E-state index contributed by atoms with van der Waals surface area (Å²) in [5, 5.41) is 0. The van der Waals surface area contributed by atoms with Gasteiger partial charge in [0, 0.05) is 0 Å². The van der Waals surface area contributed by atoms with E-state index >= 15 is 0 Å². The predicted molar refractivity (Wildman–Crippen MR) is 24.7 cm³/mol. The van der Waals surface area contributed by atoms with Crippen LogP contribution in [0.3, 0.4) is 0 Å². The standard InChI is InChI=1S/CHNO2S2/c3-6(4)1(5)2-6/h(H,2,5). The van der Waals surface area contributed by atoms with E-state index in [-0.39, 0.29) is 4.32 Å². The van der Waals surface area contributed by atoms with Gasteiger partial charge in [-0.3, -0.25) is 4.72 Å². The lowest BCUT2D eigenvalue weighted by atomic mass is 11.6. The van der Waals surface area contributed by atoms with Gasteiger partial charge in [-0.05, 0) is 12.2 Å². The Morgan fingerprint density at radius 3 is 1.83 bits per heavy atom. The van der Waals surface area contributed by atoms with E-state index in [4.69, 9.17) is 0 Å². The maximum atomic E-state index is 9.82. The maximum Gasteiger partial charge on any atom is 0.289 e. The molecule has 5 heteroatoms. The molecule has 1 aliphatic heterocycles. The number of hydrogen-bond donors (Lipinski definition) is 1. The van der Waals surface area contributed by atoms with Gasteiger partial charge in [-0.25, -0.2) is 0 Å². The molecular formula is CHNO2S2. The first-order valence-corrected chi connectivity index (χ1v) is 3.09. The van der Waals surface area contributed by atoms with Crippen LogP contribution in [-0.4, -0.2) is 12.7 Å². The van der Waals surface area contributed by atoms with Crippen LogP contribution in [0.1, 0.15) is 0 Å². The van der Waals surface area contributed by atoms with Crippen molar-refractivity contribution in [2.24, 2.45) is 0 Å². The van der Waals surface area contributed by atoms with Crippen molar-refractivity contribution >= 4 is 26.6 Å². The normalized spacial score (nSPS) is 25.7. The van der Waals surface area contributed by atoms with Crippen molar-refractivity contribution in [2.75, 3.05) is 0 Å². The number of nitrogens with one attached hydrogen (secondary N) is 1. The zero-order valence-corrected chi connectivity index (χ0v) is 4.27. The van der Waals surface area contributed by atoms with Crippen molar-refractivity contribution in [3.05, 3.63) is 0 Å². The molecule has 0 atom stereocenters. The van der Waals surface area contributed by atoms with E-state index in [0.29, 0.717) is 0 Å². The van der Waals surface area contributed by atoms with Crippen molar-refractivity contribution in [1.29, 1.82) is 0 Å². The van der Waals surface area contributed by atoms with Gasteiger partial charge in [-0.1, -0.05) is 0 Å². The Morgan fingerprint density at radius 2 is 1.83 bits per heavy atom. The minimum absolute atomic E-state index is 0.0394. The first kappa shape index (κ1) is 4.01. The van der Waals surface area contributed by atoms with E-state index in [1.165, 1.54) is 0 Å². The first-order chi connectivity index (χ1) is 2.63. The van der Waals surface area contributed by atoms with Gasteiger partial charge < -0.3 is 0 Å². The van der Waals surface area contributed by atoms with Crippen LogP contribution in [0.15, 0.2) is 0 Å². The van der Waals surface area contributed by atoms with E-state index in [1.807, 2.05) is 4.72 Å². The monoisotopic (exact) mass is 123 g/mol. The molecule has 34 valence electrons. The van der Waals surface area contributed by atoms with Crippen LogP contribution in [-0.2, 0) is 10.0 Å². The summed E-state index contributed by atoms with van der Waals surface area (Å²) < 4.78 is 21.6. The number of sulfonamides is 1. The van der Waals surface area contributed by atoms with Crippen molar-refractivity contribution in [3.63, 3.8) is 0 Å². The summed E-state index contributed by atoms with van der Waals surface area (Å²) in [6, 6.07) is 0. The van der Waals surface area contributed by atoms with Gasteiger partial charge in [0.05, 0.1) is 0 Å². The summed E-state index contributed by atoms with van der Waals surface area (Å²) in [6.45, 7) is 0.